The van der Waals surface area contributed by atoms with Crippen molar-refractivity contribution in [3.63, 3.8) is 0 Å². The minimum atomic E-state index is -0.999. The number of hydrogen-bond donors (Lipinski definition) is 1. The summed E-state index contributed by atoms with van der Waals surface area (Å²) in [6.07, 6.45) is -0.0559. The van der Waals surface area contributed by atoms with Gasteiger partial charge in [0.2, 0.25) is 6.10 Å². The molecule has 0 heterocycles. The van der Waals surface area contributed by atoms with Crippen LogP contribution in [0, 0.1) is 0 Å². The molecule has 1 atom stereocenters. The average Bonchev–Trinajstić information content (AvgIpc) is 2.47. The quantitative estimate of drug-likeness (QED) is 0.816. The molecule has 104 valence electrons. The third kappa shape index (κ3) is 3.84. The van der Waals surface area contributed by atoms with Crippen molar-refractivity contribution in [2.45, 2.75) is 12.5 Å². The summed E-state index contributed by atoms with van der Waals surface area (Å²) in [6.45, 7) is 0. The summed E-state index contributed by atoms with van der Waals surface area (Å²) in [5.74, 6) is -0.444. The van der Waals surface area contributed by atoms with Crippen LogP contribution < -0.4 is 4.74 Å². The number of alkyl halides is 1. The monoisotopic (exact) mass is 334 g/mol. The van der Waals surface area contributed by atoms with E-state index >= 15 is 0 Å². The van der Waals surface area contributed by atoms with Crippen molar-refractivity contribution in [3.05, 3.63) is 65.7 Å². The molecule has 0 spiro atoms. The third-order valence-corrected chi connectivity index (χ3v) is 3.28. The molecule has 0 aliphatic heterocycles. The Labute approximate surface area is 126 Å². The second-order valence-corrected chi connectivity index (χ2v) is 5.12. The molecule has 2 aromatic carbocycles. The Kier molecular flexibility index (Phi) is 5.18. The Balaban J connectivity index is 2.14. The first-order valence-corrected chi connectivity index (χ1v) is 7.42. The van der Waals surface area contributed by atoms with Gasteiger partial charge in [0.1, 0.15) is 5.75 Å². The van der Waals surface area contributed by atoms with E-state index in [1.807, 2.05) is 18.2 Å². The summed E-state index contributed by atoms with van der Waals surface area (Å²) in [6, 6.07) is 16.4. The van der Waals surface area contributed by atoms with Crippen molar-refractivity contribution < 1.29 is 14.6 Å². The number of rotatable bonds is 6. The highest BCUT2D eigenvalue weighted by molar-refractivity contribution is 9.09. The highest BCUT2D eigenvalue weighted by atomic mass is 79.9. The van der Waals surface area contributed by atoms with E-state index in [1.165, 1.54) is 5.56 Å². The predicted octanol–water partition coefficient (Wildman–Crippen LogP) is 3.83. The second-order valence-electron chi connectivity index (χ2n) is 4.33. The minimum Gasteiger partial charge on any atom is -0.478 e. The molecule has 0 amide bonds. The summed E-state index contributed by atoms with van der Waals surface area (Å²) in [5, 5.41) is 10.2. The van der Waals surface area contributed by atoms with Crippen LogP contribution in [0.3, 0.4) is 0 Å². The van der Waals surface area contributed by atoms with Gasteiger partial charge in [0, 0.05) is 10.9 Å². The normalized spacial score (nSPS) is 11.8. The van der Waals surface area contributed by atoms with Crippen LogP contribution >= 0.6 is 15.9 Å². The number of carboxylic acids is 1. The second kappa shape index (κ2) is 7.10. The molecule has 2 rings (SSSR count). The van der Waals surface area contributed by atoms with E-state index in [9.17, 15) is 9.90 Å². The lowest BCUT2D eigenvalue weighted by Gasteiger charge is -2.15. The number of halogens is 1. The van der Waals surface area contributed by atoms with E-state index in [-0.39, 0.29) is 0 Å². The zero-order chi connectivity index (χ0) is 14.4. The molecule has 1 N–H and O–H groups in total. The van der Waals surface area contributed by atoms with Crippen molar-refractivity contribution in [2.24, 2.45) is 0 Å². The van der Waals surface area contributed by atoms with Crippen LogP contribution in [-0.2, 0) is 11.2 Å². The minimum absolute atomic E-state index is 0.555. The molecule has 4 heteroatoms. The van der Waals surface area contributed by atoms with Crippen LogP contribution in [-0.4, -0.2) is 16.4 Å². The fraction of sp³-hybridized carbons (Fsp3) is 0.188. The molecular weight excluding hydrogens is 320 g/mol. The summed E-state index contributed by atoms with van der Waals surface area (Å²) in [5.41, 5.74) is 1.81. The Morgan fingerprint density at radius 1 is 1.10 bits per heavy atom. The number of carboxylic acid groups (broad SMARTS) is 1. The first-order chi connectivity index (χ1) is 9.70. The molecule has 0 fully saturated rings. The molecule has 0 aromatic heterocycles. The molecule has 0 radical (unpaired) electrons. The number of aryl methyl sites for hydroxylation is 1. The van der Waals surface area contributed by atoms with Crippen LogP contribution in [0.25, 0.3) is 0 Å². The Morgan fingerprint density at radius 2 is 1.75 bits per heavy atom. The maximum absolute atomic E-state index is 11.3. The molecule has 0 saturated carbocycles. The molecule has 3 nitrogen and oxygen atoms in total. The van der Waals surface area contributed by atoms with E-state index in [4.69, 9.17) is 4.74 Å². The highest BCUT2D eigenvalue weighted by Gasteiger charge is 2.21. The summed E-state index contributed by atoms with van der Waals surface area (Å²) < 4.78 is 5.58. The molecule has 0 saturated heterocycles. The van der Waals surface area contributed by atoms with E-state index in [0.717, 1.165) is 11.8 Å². The average molecular weight is 335 g/mol. The van der Waals surface area contributed by atoms with Crippen LogP contribution in [0.1, 0.15) is 17.2 Å². The van der Waals surface area contributed by atoms with Gasteiger partial charge in [-0.1, -0.05) is 58.4 Å². The zero-order valence-corrected chi connectivity index (χ0v) is 12.4. The van der Waals surface area contributed by atoms with E-state index in [0.29, 0.717) is 11.3 Å². The zero-order valence-electron chi connectivity index (χ0n) is 10.8. The van der Waals surface area contributed by atoms with Crippen LogP contribution in [0.4, 0.5) is 0 Å². The van der Waals surface area contributed by atoms with Gasteiger partial charge in [-0.25, -0.2) is 4.79 Å². The van der Waals surface area contributed by atoms with Gasteiger partial charge >= 0.3 is 5.97 Å². The van der Waals surface area contributed by atoms with Gasteiger partial charge in [0.15, 0.2) is 0 Å². The standard InChI is InChI=1S/C16H15BrO3/c17-11-10-12-6-8-14(9-7-12)20-15(16(18)19)13-4-2-1-3-5-13/h1-9,15H,10-11H2,(H,18,19). The molecule has 1 unspecified atom stereocenters. The summed E-state index contributed by atoms with van der Waals surface area (Å²) >= 11 is 3.39. The van der Waals surface area contributed by atoms with E-state index in [1.54, 1.807) is 36.4 Å². The van der Waals surface area contributed by atoms with E-state index < -0.39 is 12.1 Å². The van der Waals surface area contributed by atoms with Crippen LogP contribution in [0.15, 0.2) is 54.6 Å². The molecule has 0 aliphatic carbocycles. The van der Waals surface area contributed by atoms with Crippen molar-refractivity contribution in [1.82, 2.24) is 0 Å². The molecule has 0 bridgehead atoms. The lowest BCUT2D eigenvalue weighted by Crippen LogP contribution is -2.18. The maximum atomic E-state index is 11.3. The molecular formula is C16H15BrO3. The van der Waals surface area contributed by atoms with Gasteiger partial charge in [-0.2, -0.15) is 0 Å². The predicted molar refractivity (Wildman–Crippen MR) is 81.4 cm³/mol. The Bertz CT molecular complexity index is 552. The Morgan fingerprint density at radius 3 is 2.30 bits per heavy atom. The SMILES string of the molecule is O=C(O)C(Oc1ccc(CCBr)cc1)c1ccccc1. The van der Waals surface area contributed by atoms with Gasteiger partial charge in [-0.15, -0.1) is 0 Å². The lowest BCUT2D eigenvalue weighted by molar-refractivity contribution is -0.145. The largest absolute Gasteiger partial charge is 0.478 e. The highest BCUT2D eigenvalue weighted by Crippen LogP contribution is 2.22. The van der Waals surface area contributed by atoms with Crippen molar-refractivity contribution in [3.8, 4) is 5.75 Å². The number of ether oxygens (including phenoxy) is 1. The number of benzene rings is 2. The van der Waals surface area contributed by atoms with E-state index in [2.05, 4.69) is 15.9 Å². The van der Waals surface area contributed by atoms with Gasteiger partial charge in [0.05, 0.1) is 0 Å². The van der Waals surface area contributed by atoms with Gasteiger partial charge in [-0.05, 0) is 24.1 Å². The Hall–Kier alpha value is -1.81. The van der Waals surface area contributed by atoms with Crippen molar-refractivity contribution in [1.29, 1.82) is 0 Å². The van der Waals surface area contributed by atoms with Crippen LogP contribution in [0.2, 0.25) is 0 Å². The van der Waals surface area contributed by atoms with Crippen molar-refractivity contribution >= 4 is 21.9 Å². The fourth-order valence-corrected chi connectivity index (χ4v) is 2.33. The fourth-order valence-electron chi connectivity index (χ4n) is 1.87. The molecule has 20 heavy (non-hydrogen) atoms. The van der Waals surface area contributed by atoms with Gasteiger partial charge in [0.25, 0.3) is 0 Å². The molecule has 0 aliphatic rings. The van der Waals surface area contributed by atoms with Crippen LogP contribution in [0.5, 0.6) is 5.75 Å². The van der Waals surface area contributed by atoms with Crippen molar-refractivity contribution in [2.75, 3.05) is 5.33 Å². The topological polar surface area (TPSA) is 46.5 Å². The maximum Gasteiger partial charge on any atom is 0.349 e. The number of aliphatic carboxylic acids is 1. The smallest absolute Gasteiger partial charge is 0.349 e. The summed E-state index contributed by atoms with van der Waals surface area (Å²) in [4.78, 5) is 11.3. The first kappa shape index (κ1) is 14.6. The van der Waals surface area contributed by atoms with Gasteiger partial charge in [-0.3, -0.25) is 0 Å². The lowest BCUT2D eigenvalue weighted by atomic mass is 10.1. The number of carbonyl (C=O) groups is 1. The third-order valence-electron chi connectivity index (χ3n) is 2.89. The van der Waals surface area contributed by atoms with Gasteiger partial charge < -0.3 is 9.84 Å². The first-order valence-electron chi connectivity index (χ1n) is 6.30. The summed E-state index contributed by atoms with van der Waals surface area (Å²) in [7, 11) is 0. The molecule has 2 aromatic rings. The number of hydrogen-bond acceptors (Lipinski definition) is 2.